The van der Waals surface area contributed by atoms with Gasteiger partial charge < -0.3 is 15.5 Å². The van der Waals surface area contributed by atoms with Gasteiger partial charge in [0.05, 0.1) is 6.20 Å². The number of aromatic nitrogens is 3. The number of nitrogens with zero attached hydrogens (tertiary/aromatic N) is 4. The fraction of sp³-hybridized carbons (Fsp3) is 0.750. The topological polar surface area (TPSA) is 66.0 Å². The molecule has 0 aliphatic carbocycles. The summed E-state index contributed by atoms with van der Waals surface area (Å²) in [5.74, 6) is 1.36. The van der Waals surface area contributed by atoms with Crippen LogP contribution in [0.2, 0.25) is 0 Å². The molecule has 1 unspecified atom stereocenters. The molecular formula is C12H24N6. The van der Waals surface area contributed by atoms with Gasteiger partial charge in [-0.25, -0.2) is 0 Å². The standard InChI is InChI=1S/C12H24N6/c1-5-10(2)15-11-9-14-17-12(16-11)13-7-6-8-18(3)4/h9-10H,5-8H2,1-4H3,(H2,13,15,16,17). The van der Waals surface area contributed by atoms with Crippen LogP contribution in [0.4, 0.5) is 11.8 Å². The molecule has 102 valence electrons. The zero-order chi connectivity index (χ0) is 13.4. The number of nitrogens with one attached hydrogen (secondary N) is 2. The van der Waals surface area contributed by atoms with Crippen LogP contribution in [0, 0.1) is 0 Å². The van der Waals surface area contributed by atoms with Crippen molar-refractivity contribution >= 4 is 11.8 Å². The Morgan fingerprint density at radius 2 is 2.17 bits per heavy atom. The van der Waals surface area contributed by atoms with E-state index in [4.69, 9.17) is 0 Å². The summed E-state index contributed by atoms with van der Waals surface area (Å²) in [4.78, 5) is 6.52. The lowest BCUT2D eigenvalue weighted by Crippen LogP contribution is -2.18. The van der Waals surface area contributed by atoms with Crippen LogP contribution in [0.3, 0.4) is 0 Å². The molecule has 0 bridgehead atoms. The van der Waals surface area contributed by atoms with E-state index in [0.717, 1.165) is 31.7 Å². The van der Waals surface area contributed by atoms with E-state index >= 15 is 0 Å². The van der Waals surface area contributed by atoms with Gasteiger partial charge in [0.15, 0.2) is 5.82 Å². The van der Waals surface area contributed by atoms with Crippen LogP contribution in [0.15, 0.2) is 6.20 Å². The van der Waals surface area contributed by atoms with Gasteiger partial charge in [-0.1, -0.05) is 6.92 Å². The van der Waals surface area contributed by atoms with Gasteiger partial charge in [-0.15, -0.1) is 5.10 Å². The quantitative estimate of drug-likeness (QED) is 0.683. The first-order chi connectivity index (χ1) is 8.61. The van der Waals surface area contributed by atoms with Crippen LogP contribution in [0.5, 0.6) is 0 Å². The van der Waals surface area contributed by atoms with E-state index in [1.807, 2.05) is 0 Å². The Bertz CT molecular complexity index is 341. The second-order valence-corrected chi connectivity index (χ2v) is 4.70. The van der Waals surface area contributed by atoms with E-state index in [1.54, 1.807) is 6.20 Å². The Hall–Kier alpha value is -1.43. The number of hydrogen-bond donors (Lipinski definition) is 2. The van der Waals surface area contributed by atoms with E-state index in [9.17, 15) is 0 Å². The maximum Gasteiger partial charge on any atom is 0.244 e. The number of rotatable bonds is 8. The lowest BCUT2D eigenvalue weighted by Gasteiger charge is -2.12. The molecule has 0 fully saturated rings. The molecule has 0 aromatic carbocycles. The highest BCUT2D eigenvalue weighted by Gasteiger charge is 2.03. The molecule has 6 heteroatoms. The van der Waals surface area contributed by atoms with E-state index < -0.39 is 0 Å². The third-order valence-electron chi connectivity index (χ3n) is 2.63. The third-order valence-corrected chi connectivity index (χ3v) is 2.63. The van der Waals surface area contributed by atoms with Crippen molar-refractivity contribution in [1.82, 2.24) is 20.1 Å². The predicted octanol–water partition coefficient (Wildman–Crippen LogP) is 1.45. The molecule has 1 aromatic heterocycles. The average molecular weight is 252 g/mol. The number of anilines is 2. The summed E-state index contributed by atoms with van der Waals surface area (Å²) in [6.07, 6.45) is 3.76. The highest BCUT2D eigenvalue weighted by Crippen LogP contribution is 2.06. The van der Waals surface area contributed by atoms with Crippen LogP contribution in [-0.2, 0) is 0 Å². The molecule has 0 saturated carbocycles. The zero-order valence-electron chi connectivity index (χ0n) is 11.8. The van der Waals surface area contributed by atoms with E-state index in [1.165, 1.54) is 0 Å². The van der Waals surface area contributed by atoms with Crippen molar-refractivity contribution in [2.75, 3.05) is 37.8 Å². The normalized spacial score (nSPS) is 12.5. The second kappa shape index (κ2) is 7.81. The van der Waals surface area contributed by atoms with Crippen molar-refractivity contribution in [3.05, 3.63) is 6.20 Å². The Labute approximate surface area is 109 Å². The molecule has 0 aliphatic heterocycles. The van der Waals surface area contributed by atoms with E-state index in [2.05, 4.69) is 58.7 Å². The van der Waals surface area contributed by atoms with Crippen LogP contribution in [0.1, 0.15) is 26.7 Å². The summed E-state index contributed by atoms with van der Waals surface area (Å²) in [6, 6.07) is 0.392. The van der Waals surface area contributed by atoms with Crippen LogP contribution in [-0.4, -0.2) is 53.3 Å². The molecule has 0 spiro atoms. The summed E-state index contributed by atoms with van der Waals surface area (Å²) in [5, 5.41) is 14.4. The minimum Gasteiger partial charge on any atom is -0.366 e. The lowest BCUT2D eigenvalue weighted by atomic mass is 10.3. The van der Waals surface area contributed by atoms with Gasteiger partial charge in [0.25, 0.3) is 0 Å². The molecule has 0 radical (unpaired) electrons. The summed E-state index contributed by atoms with van der Waals surface area (Å²) < 4.78 is 0. The smallest absolute Gasteiger partial charge is 0.244 e. The molecule has 1 aromatic rings. The van der Waals surface area contributed by atoms with Gasteiger partial charge in [0, 0.05) is 12.6 Å². The Balaban J connectivity index is 2.39. The van der Waals surface area contributed by atoms with Crippen molar-refractivity contribution in [2.45, 2.75) is 32.7 Å². The van der Waals surface area contributed by atoms with Crippen molar-refractivity contribution in [3.63, 3.8) is 0 Å². The minimum absolute atomic E-state index is 0.392. The highest BCUT2D eigenvalue weighted by molar-refractivity contribution is 5.37. The molecule has 6 nitrogen and oxygen atoms in total. The molecule has 0 saturated heterocycles. The molecule has 1 heterocycles. The van der Waals surface area contributed by atoms with Crippen molar-refractivity contribution in [2.24, 2.45) is 0 Å². The third kappa shape index (κ3) is 5.77. The van der Waals surface area contributed by atoms with E-state index in [-0.39, 0.29) is 0 Å². The van der Waals surface area contributed by atoms with Gasteiger partial charge in [-0.2, -0.15) is 10.1 Å². The second-order valence-electron chi connectivity index (χ2n) is 4.70. The molecular weight excluding hydrogens is 228 g/mol. The largest absolute Gasteiger partial charge is 0.366 e. The van der Waals surface area contributed by atoms with Gasteiger partial charge in [-0.3, -0.25) is 0 Å². The maximum absolute atomic E-state index is 4.37. The van der Waals surface area contributed by atoms with Crippen LogP contribution >= 0.6 is 0 Å². The minimum atomic E-state index is 0.392. The first-order valence-corrected chi connectivity index (χ1v) is 6.46. The molecule has 0 aliphatic rings. The predicted molar refractivity (Wildman–Crippen MR) is 74.9 cm³/mol. The molecule has 1 rings (SSSR count). The first kappa shape index (κ1) is 14.6. The molecule has 18 heavy (non-hydrogen) atoms. The Kier molecular flexibility index (Phi) is 6.35. The lowest BCUT2D eigenvalue weighted by molar-refractivity contribution is 0.405. The summed E-state index contributed by atoms with van der Waals surface area (Å²) in [5.41, 5.74) is 0. The molecule has 2 N–H and O–H groups in total. The Morgan fingerprint density at radius 1 is 1.39 bits per heavy atom. The monoisotopic (exact) mass is 252 g/mol. The highest BCUT2D eigenvalue weighted by atomic mass is 15.3. The van der Waals surface area contributed by atoms with Crippen LogP contribution in [0.25, 0.3) is 0 Å². The summed E-state index contributed by atoms with van der Waals surface area (Å²) in [7, 11) is 4.13. The Morgan fingerprint density at radius 3 is 2.83 bits per heavy atom. The number of hydrogen-bond acceptors (Lipinski definition) is 6. The van der Waals surface area contributed by atoms with Crippen LogP contribution < -0.4 is 10.6 Å². The van der Waals surface area contributed by atoms with Gasteiger partial charge in [0.1, 0.15) is 0 Å². The molecule has 0 amide bonds. The SMILES string of the molecule is CCC(C)Nc1cnnc(NCCCN(C)C)n1. The van der Waals surface area contributed by atoms with Crippen molar-refractivity contribution in [1.29, 1.82) is 0 Å². The fourth-order valence-electron chi connectivity index (χ4n) is 1.40. The molecule has 1 atom stereocenters. The first-order valence-electron chi connectivity index (χ1n) is 6.46. The van der Waals surface area contributed by atoms with Crippen molar-refractivity contribution in [3.8, 4) is 0 Å². The van der Waals surface area contributed by atoms with Gasteiger partial charge >= 0.3 is 0 Å². The van der Waals surface area contributed by atoms with E-state index in [0.29, 0.717) is 12.0 Å². The average Bonchev–Trinajstić information content (AvgIpc) is 2.35. The summed E-state index contributed by atoms with van der Waals surface area (Å²) >= 11 is 0. The van der Waals surface area contributed by atoms with Gasteiger partial charge in [-0.05, 0) is 40.4 Å². The fourth-order valence-corrected chi connectivity index (χ4v) is 1.40. The zero-order valence-corrected chi connectivity index (χ0v) is 11.8. The summed E-state index contributed by atoms with van der Waals surface area (Å²) in [6.45, 7) is 6.15. The maximum atomic E-state index is 4.37. The van der Waals surface area contributed by atoms with Gasteiger partial charge in [0.2, 0.25) is 5.95 Å². The van der Waals surface area contributed by atoms with Crippen molar-refractivity contribution < 1.29 is 0 Å².